The van der Waals surface area contributed by atoms with Gasteiger partial charge in [0.05, 0.1) is 5.52 Å². The van der Waals surface area contributed by atoms with Crippen molar-refractivity contribution in [1.82, 2.24) is 14.8 Å². The second-order valence-electron chi connectivity index (χ2n) is 8.66. The average molecular weight is 353 g/mol. The molecule has 0 unspecified atom stereocenters. The average Bonchev–Trinajstić information content (AvgIpc) is 3.39. The van der Waals surface area contributed by atoms with Crippen molar-refractivity contribution in [2.75, 3.05) is 51.6 Å². The molecule has 1 aromatic carbocycles. The molecule has 1 aromatic heterocycles. The van der Waals surface area contributed by atoms with Crippen LogP contribution in [0.25, 0.3) is 10.9 Å². The van der Waals surface area contributed by atoms with Crippen molar-refractivity contribution in [3.05, 3.63) is 34.9 Å². The fourth-order valence-electron chi connectivity index (χ4n) is 4.12. The van der Waals surface area contributed by atoms with E-state index >= 15 is 0 Å². The van der Waals surface area contributed by atoms with Crippen LogP contribution in [-0.2, 0) is 0 Å². The summed E-state index contributed by atoms with van der Waals surface area (Å²) in [5.74, 6) is 1.04. The van der Waals surface area contributed by atoms with Gasteiger partial charge in [0.1, 0.15) is 5.82 Å². The number of pyridine rings is 1. The lowest BCUT2D eigenvalue weighted by Crippen LogP contribution is -2.47. The minimum atomic E-state index is 0.460. The molecule has 140 valence electrons. The number of hydrogen-bond acceptors (Lipinski definition) is 4. The summed E-state index contributed by atoms with van der Waals surface area (Å²) in [6, 6.07) is 6.62. The van der Waals surface area contributed by atoms with Crippen molar-refractivity contribution in [3.63, 3.8) is 0 Å². The first-order valence-electron chi connectivity index (χ1n) is 9.98. The molecule has 1 saturated heterocycles. The maximum Gasteiger partial charge on any atom is 0.126 e. The zero-order chi connectivity index (χ0) is 18.3. The lowest BCUT2D eigenvalue weighted by Gasteiger charge is -2.35. The highest BCUT2D eigenvalue weighted by Gasteiger charge is 2.43. The molecule has 0 radical (unpaired) electrons. The van der Waals surface area contributed by atoms with E-state index < -0.39 is 0 Å². The number of anilines is 1. The van der Waals surface area contributed by atoms with Crippen molar-refractivity contribution >= 4 is 16.7 Å². The molecular formula is C22H32N4. The van der Waals surface area contributed by atoms with Crippen LogP contribution < -0.4 is 5.32 Å². The number of rotatable bonds is 5. The van der Waals surface area contributed by atoms with Crippen LogP contribution in [0, 0.1) is 26.2 Å². The van der Waals surface area contributed by atoms with E-state index in [1.54, 1.807) is 0 Å². The van der Waals surface area contributed by atoms with Gasteiger partial charge >= 0.3 is 0 Å². The van der Waals surface area contributed by atoms with E-state index in [9.17, 15) is 0 Å². The molecule has 4 rings (SSSR count). The summed E-state index contributed by atoms with van der Waals surface area (Å²) < 4.78 is 0. The number of nitrogens with zero attached hydrogens (tertiary/aromatic N) is 3. The Bertz CT molecular complexity index is 801. The second kappa shape index (κ2) is 6.82. The lowest BCUT2D eigenvalue weighted by molar-refractivity contribution is 0.133. The van der Waals surface area contributed by atoms with Crippen LogP contribution in [0.5, 0.6) is 0 Å². The first-order chi connectivity index (χ1) is 12.5. The van der Waals surface area contributed by atoms with E-state index in [1.807, 2.05) is 0 Å². The van der Waals surface area contributed by atoms with E-state index in [2.05, 4.69) is 61.1 Å². The predicted octanol–water partition coefficient (Wildman–Crippen LogP) is 3.60. The third-order valence-corrected chi connectivity index (χ3v) is 6.47. The maximum absolute atomic E-state index is 4.95. The normalized spacial score (nSPS) is 20.5. The van der Waals surface area contributed by atoms with Crippen molar-refractivity contribution < 1.29 is 0 Å². The Morgan fingerprint density at radius 3 is 2.46 bits per heavy atom. The number of likely N-dealkylation sites (N-methyl/N-ethyl adjacent to an activating group) is 1. The zero-order valence-corrected chi connectivity index (χ0v) is 16.7. The fraction of sp³-hybridized carbons (Fsp3) is 0.591. The Labute approximate surface area is 157 Å². The highest BCUT2D eigenvalue weighted by Crippen LogP contribution is 2.46. The smallest absolute Gasteiger partial charge is 0.126 e. The van der Waals surface area contributed by atoms with Gasteiger partial charge in [-0.1, -0.05) is 12.1 Å². The molecule has 2 heterocycles. The molecule has 1 aliphatic heterocycles. The molecule has 1 N–H and O–H groups in total. The number of fused-ring (bicyclic) bond motifs is 1. The zero-order valence-electron chi connectivity index (χ0n) is 16.7. The SMILES string of the molecule is Cc1ccc2c(C)cc(NCC3(CN4CCN(C)CC4)CC3)nc2c1C. The van der Waals surface area contributed by atoms with Gasteiger partial charge in [-0.2, -0.15) is 0 Å². The summed E-state index contributed by atoms with van der Waals surface area (Å²) in [5.41, 5.74) is 5.53. The largest absolute Gasteiger partial charge is 0.369 e. The van der Waals surface area contributed by atoms with Gasteiger partial charge in [-0.05, 0) is 63.4 Å². The first-order valence-corrected chi connectivity index (χ1v) is 9.98. The molecule has 26 heavy (non-hydrogen) atoms. The molecule has 2 aromatic rings. The van der Waals surface area contributed by atoms with Gasteiger partial charge in [0.25, 0.3) is 0 Å². The Morgan fingerprint density at radius 1 is 1.04 bits per heavy atom. The predicted molar refractivity (Wildman–Crippen MR) is 110 cm³/mol. The number of benzene rings is 1. The van der Waals surface area contributed by atoms with Crippen LogP contribution >= 0.6 is 0 Å². The van der Waals surface area contributed by atoms with Gasteiger partial charge in [0.15, 0.2) is 0 Å². The van der Waals surface area contributed by atoms with Crippen molar-refractivity contribution in [2.45, 2.75) is 33.6 Å². The van der Waals surface area contributed by atoms with Gasteiger partial charge < -0.3 is 15.1 Å². The topological polar surface area (TPSA) is 31.4 Å². The second-order valence-corrected chi connectivity index (χ2v) is 8.66. The molecular weight excluding hydrogens is 320 g/mol. The Hall–Kier alpha value is -1.65. The molecule has 0 atom stereocenters. The Balaban J connectivity index is 1.45. The Morgan fingerprint density at radius 2 is 1.77 bits per heavy atom. The maximum atomic E-state index is 4.95. The third-order valence-electron chi connectivity index (χ3n) is 6.47. The van der Waals surface area contributed by atoms with Gasteiger partial charge in [0, 0.05) is 50.1 Å². The van der Waals surface area contributed by atoms with E-state index in [4.69, 9.17) is 4.98 Å². The Kier molecular flexibility index (Phi) is 4.66. The highest BCUT2D eigenvalue weighted by molar-refractivity contribution is 5.87. The minimum Gasteiger partial charge on any atom is -0.369 e. The van der Waals surface area contributed by atoms with Crippen LogP contribution in [0.3, 0.4) is 0 Å². The highest BCUT2D eigenvalue weighted by atomic mass is 15.3. The number of hydrogen-bond donors (Lipinski definition) is 1. The standard InChI is InChI=1S/C22H32N4/c1-16-5-6-19-17(2)13-20(24-21(19)18(16)3)23-14-22(7-8-22)15-26-11-9-25(4)10-12-26/h5-6,13H,7-12,14-15H2,1-4H3,(H,23,24). The number of nitrogens with one attached hydrogen (secondary N) is 1. The molecule has 2 fully saturated rings. The van der Waals surface area contributed by atoms with Gasteiger partial charge in [-0.15, -0.1) is 0 Å². The van der Waals surface area contributed by atoms with Crippen molar-refractivity contribution in [2.24, 2.45) is 5.41 Å². The molecule has 0 bridgehead atoms. The quantitative estimate of drug-likeness (QED) is 0.891. The molecule has 2 aliphatic rings. The minimum absolute atomic E-state index is 0.460. The van der Waals surface area contributed by atoms with Crippen LogP contribution in [0.2, 0.25) is 0 Å². The van der Waals surface area contributed by atoms with Crippen molar-refractivity contribution in [3.8, 4) is 0 Å². The number of aromatic nitrogens is 1. The summed E-state index contributed by atoms with van der Waals surface area (Å²) in [5, 5.41) is 4.95. The monoisotopic (exact) mass is 352 g/mol. The molecule has 4 heteroatoms. The van der Waals surface area contributed by atoms with E-state index in [-0.39, 0.29) is 0 Å². The van der Waals surface area contributed by atoms with E-state index in [0.717, 1.165) is 17.9 Å². The number of aryl methyl sites for hydroxylation is 3. The number of piperazine rings is 1. The summed E-state index contributed by atoms with van der Waals surface area (Å²) in [6.45, 7) is 13.7. The molecule has 1 saturated carbocycles. The summed E-state index contributed by atoms with van der Waals surface area (Å²) in [7, 11) is 2.23. The van der Waals surface area contributed by atoms with Crippen molar-refractivity contribution in [1.29, 1.82) is 0 Å². The van der Waals surface area contributed by atoms with Gasteiger partial charge in [-0.3, -0.25) is 0 Å². The molecule has 4 nitrogen and oxygen atoms in total. The molecule has 0 spiro atoms. The van der Waals surface area contributed by atoms with Crippen LogP contribution in [0.1, 0.15) is 29.5 Å². The summed E-state index contributed by atoms with van der Waals surface area (Å²) >= 11 is 0. The third kappa shape index (κ3) is 3.58. The van der Waals surface area contributed by atoms with E-state index in [0.29, 0.717) is 5.41 Å². The van der Waals surface area contributed by atoms with Gasteiger partial charge in [0.2, 0.25) is 0 Å². The lowest BCUT2D eigenvalue weighted by atomic mass is 10.0. The molecule has 1 aliphatic carbocycles. The van der Waals surface area contributed by atoms with E-state index in [1.165, 1.54) is 67.6 Å². The van der Waals surface area contributed by atoms with Crippen LogP contribution in [0.15, 0.2) is 18.2 Å². The van der Waals surface area contributed by atoms with Gasteiger partial charge in [-0.25, -0.2) is 4.98 Å². The van der Waals surface area contributed by atoms with Crippen LogP contribution in [0.4, 0.5) is 5.82 Å². The first kappa shape index (κ1) is 17.7. The molecule has 0 amide bonds. The summed E-state index contributed by atoms with van der Waals surface area (Å²) in [4.78, 5) is 10.0. The van der Waals surface area contributed by atoms with Crippen LogP contribution in [-0.4, -0.2) is 61.1 Å². The fourth-order valence-corrected chi connectivity index (χ4v) is 4.12. The summed E-state index contributed by atoms with van der Waals surface area (Å²) in [6.07, 6.45) is 2.69.